The van der Waals surface area contributed by atoms with Crippen molar-refractivity contribution >= 4 is 11.7 Å². The van der Waals surface area contributed by atoms with Gasteiger partial charge in [-0.2, -0.15) is 5.10 Å². The van der Waals surface area contributed by atoms with E-state index in [1.807, 2.05) is 14.0 Å². The standard InChI is InChI=1S/C21H28FN3O/c1-13(21(2,3)4)20(26)23-19-17(14-7-6-8-14)18(25(5)24-19)15-9-11-16(22)12-10-15/h9-14H,6-8H2,1-5H3,(H,23,24,26)/t13-/m1/s1. The summed E-state index contributed by atoms with van der Waals surface area (Å²) in [7, 11) is 1.88. The molecule has 1 amide bonds. The summed E-state index contributed by atoms with van der Waals surface area (Å²) in [6.07, 6.45) is 3.38. The first kappa shape index (κ1) is 18.6. The molecule has 0 bridgehead atoms. The van der Waals surface area contributed by atoms with Gasteiger partial charge in [-0.15, -0.1) is 0 Å². The van der Waals surface area contributed by atoms with Crippen molar-refractivity contribution in [3.8, 4) is 11.3 Å². The Hall–Kier alpha value is -2.17. The smallest absolute Gasteiger partial charge is 0.228 e. The first-order valence-corrected chi connectivity index (χ1v) is 9.32. The summed E-state index contributed by atoms with van der Waals surface area (Å²) in [4.78, 5) is 12.7. The number of aromatic nitrogens is 2. The lowest BCUT2D eigenvalue weighted by molar-refractivity contribution is -0.122. The molecule has 4 nitrogen and oxygen atoms in total. The van der Waals surface area contributed by atoms with Gasteiger partial charge in [0.05, 0.1) is 5.69 Å². The lowest BCUT2D eigenvalue weighted by atomic mass is 9.78. The maximum absolute atomic E-state index is 13.3. The summed E-state index contributed by atoms with van der Waals surface area (Å²) < 4.78 is 15.1. The van der Waals surface area contributed by atoms with E-state index in [2.05, 4.69) is 31.2 Å². The zero-order valence-corrected chi connectivity index (χ0v) is 16.3. The fourth-order valence-electron chi connectivity index (χ4n) is 3.28. The van der Waals surface area contributed by atoms with Gasteiger partial charge in [0, 0.05) is 24.1 Å². The summed E-state index contributed by atoms with van der Waals surface area (Å²) in [6.45, 7) is 8.13. The van der Waals surface area contributed by atoms with Crippen LogP contribution in [-0.2, 0) is 11.8 Å². The molecule has 0 aliphatic heterocycles. The molecule has 0 spiro atoms. The maximum atomic E-state index is 13.3. The van der Waals surface area contributed by atoms with Crippen LogP contribution in [0, 0.1) is 17.2 Å². The third-order valence-electron chi connectivity index (χ3n) is 5.65. The van der Waals surface area contributed by atoms with Gasteiger partial charge in [0.25, 0.3) is 0 Å². The Kier molecular flexibility index (Phi) is 4.91. The molecule has 26 heavy (non-hydrogen) atoms. The minimum Gasteiger partial charge on any atom is -0.309 e. The van der Waals surface area contributed by atoms with Crippen LogP contribution in [0.25, 0.3) is 11.3 Å². The number of carbonyl (C=O) groups is 1. The van der Waals surface area contributed by atoms with Crippen LogP contribution in [0.3, 0.4) is 0 Å². The number of benzene rings is 1. The van der Waals surface area contributed by atoms with Crippen LogP contribution in [0.4, 0.5) is 10.2 Å². The van der Waals surface area contributed by atoms with Crippen LogP contribution < -0.4 is 5.32 Å². The van der Waals surface area contributed by atoms with Crippen molar-refractivity contribution in [1.29, 1.82) is 0 Å². The molecule has 140 valence electrons. The molecular weight excluding hydrogens is 329 g/mol. The highest BCUT2D eigenvalue weighted by atomic mass is 19.1. The third-order valence-corrected chi connectivity index (χ3v) is 5.65. The van der Waals surface area contributed by atoms with Crippen LogP contribution in [0.15, 0.2) is 24.3 Å². The molecule has 1 aliphatic carbocycles. The second-order valence-electron chi connectivity index (χ2n) is 8.45. The van der Waals surface area contributed by atoms with Crippen molar-refractivity contribution in [1.82, 2.24) is 9.78 Å². The van der Waals surface area contributed by atoms with E-state index in [1.54, 1.807) is 16.8 Å². The number of rotatable bonds is 4. The molecule has 5 heteroatoms. The topological polar surface area (TPSA) is 46.9 Å². The number of anilines is 1. The molecule has 3 rings (SSSR count). The van der Waals surface area contributed by atoms with Gasteiger partial charge in [-0.3, -0.25) is 9.48 Å². The lowest BCUT2D eigenvalue weighted by Gasteiger charge is -2.28. The van der Waals surface area contributed by atoms with E-state index in [-0.39, 0.29) is 23.1 Å². The fraction of sp³-hybridized carbons (Fsp3) is 0.524. The fourth-order valence-corrected chi connectivity index (χ4v) is 3.28. The maximum Gasteiger partial charge on any atom is 0.228 e. The van der Waals surface area contributed by atoms with Gasteiger partial charge in [-0.25, -0.2) is 4.39 Å². The number of halogens is 1. The van der Waals surface area contributed by atoms with Crippen LogP contribution in [0.2, 0.25) is 0 Å². The molecule has 1 saturated carbocycles. The van der Waals surface area contributed by atoms with E-state index >= 15 is 0 Å². The number of aryl methyl sites for hydroxylation is 1. The second kappa shape index (κ2) is 6.86. The number of amides is 1. The molecule has 0 radical (unpaired) electrons. The van der Waals surface area contributed by atoms with Crippen molar-refractivity contribution in [2.75, 3.05) is 5.32 Å². The van der Waals surface area contributed by atoms with Crippen molar-refractivity contribution in [2.45, 2.75) is 52.9 Å². The summed E-state index contributed by atoms with van der Waals surface area (Å²) in [5, 5.41) is 7.67. The highest BCUT2D eigenvalue weighted by Crippen LogP contribution is 2.45. The van der Waals surface area contributed by atoms with Gasteiger partial charge in [-0.1, -0.05) is 34.1 Å². The molecule has 1 N–H and O–H groups in total. The normalized spacial score (nSPS) is 16.2. The monoisotopic (exact) mass is 357 g/mol. The molecular formula is C21H28FN3O. The number of hydrogen-bond donors (Lipinski definition) is 1. The van der Waals surface area contributed by atoms with Crippen LogP contribution in [-0.4, -0.2) is 15.7 Å². The van der Waals surface area contributed by atoms with E-state index in [1.165, 1.54) is 18.6 Å². The van der Waals surface area contributed by atoms with Gasteiger partial charge in [-0.05, 0) is 48.4 Å². The molecule has 0 unspecified atom stereocenters. The SMILES string of the molecule is C[C@H](C(=O)Nc1nn(C)c(-c2ccc(F)cc2)c1C1CCC1)C(C)(C)C. The zero-order valence-electron chi connectivity index (χ0n) is 16.3. The Balaban J connectivity index is 2.00. The lowest BCUT2D eigenvalue weighted by Crippen LogP contribution is -2.31. The summed E-state index contributed by atoms with van der Waals surface area (Å²) >= 11 is 0. The zero-order chi connectivity index (χ0) is 19.1. The van der Waals surface area contributed by atoms with Crippen molar-refractivity contribution < 1.29 is 9.18 Å². The Labute approximate surface area is 154 Å². The minimum absolute atomic E-state index is 0.0122. The van der Waals surface area contributed by atoms with Crippen LogP contribution in [0.5, 0.6) is 0 Å². The van der Waals surface area contributed by atoms with E-state index < -0.39 is 0 Å². The first-order valence-electron chi connectivity index (χ1n) is 9.32. The Morgan fingerprint density at radius 2 is 1.88 bits per heavy atom. The number of nitrogens with one attached hydrogen (secondary N) is 1. The highest BCUT2D eigenvalue weighted by Gasteiger charge is 2.32. The second-order valence-corrected chi connectivity index (χ2v) is 8.45. The van der Waals surface area contributed by atoms with E-state index in [0.717, 1.165) is 29.7 Å². The van der Waals surface area contributed by atoms with Crippen LogP contribution in [0.1, 0.15) is 58.4 Å². The molecule has 1 aromatic carbocycles. The molecule has 1 aromatic heterocycles. The molecule has 1 atom stereocenters. The Morgan fingerprint density at radius 3 is 2.38 bits per heavy atom. The largest absolute Gasteiger partial charge is 0.309 e. The van der Waals surface area contributed by atoms with Crippen molar-refractivity contribution in [2.24, 2.45) is 18.4 Å². The van der Waals surface area contributed by atoms with Gasteiger partial charge >= 0.3 is 0 Å². The van der Waals surface area contributed by atoms with E-state index in [9.17, 15) is 9.18 Å². The molecule has 0 saturated heterocycles. The Bertz CT molecular complexity index is 798. The number of hydrogen-bond acceptors (Lipinski definition) is 2. The van der Waals surface area contributed by atoms with Crippen LogP contribution >= 0.6 is 0 Å². The van der Waals surface area contributed by atoms with Crippen molar-refractivity contribution in [3.05, 3.63) is 35.6 Å². The van der Waals surface area contributed by atoms with Gasteiger partial charge in [0.15, 0.2) is 5.82 Å². The predicted octanol–water partition coefficient (Wildman–Crippen LogP) is 5.11. The quantitative estimate of drug-likeness (QED) is 0.826. The minimum atomic E-state index is -0.256. The molecule has 2 aromatic rings. The van der Waals surface area contributed by atoms with E-state index in [4.69, 9.17) is 0 Å². The summed E-state index contributed by atoms with van der Waals surface area (Å²) in [6, 6.07) is 6.48. The summed E-state index contributed by atoms with van der Waals surface area (Å²) in [5.74, 6) is 0.644. The molecule has 1 heterocycles. The van der Waals surface area contributed by atoms with Gasteiger partial charge in [0.2, 0.25) is 5.91 Å². The third kappa shape index (κ3) is 3.53. The summed E-state index contributed by atoms with van der Waals surface area (Å²) in [5.41, 5.74) is 2.86. The number of carbonyl (C=O) groups excluding carboxylic acids is 1. The molecule has 1 aliphatic rings. The van der Waals surface area contributed by atoms with Gasteiger partial charge < -0.3 is 5.32 Å². The van der Waals surface area contributed by atoms with E-state index in [0.29, 0.717) is 11.7 Å². The van der Waals surface area contributed by atoms with Gasteiger partial charge in [0.1, 0.15) is 5.82 Å². The first-order chi connectivity index (χ1) is 12.2. The highest BCUT2D eigenvalue weighted by molar-refractivity contribution is 5.93. The molecule has 1 fully saturated rings. The average molecular weight is 357 g/mol. The van der Waals surface area contributed by atoms with Crippen molar-refractivity contribution in [3.63, 3.8) is 0 Å². The Morgan fingerprint density at radius 1 is 1.27 bits per heavy atom. The predicted molar refractivity (Wildman–Crippen MR) is 102 cm³/mol. The number of nitrogens with zero attached hydrogens (tertiary/aromatic N) is 2. The average Bonchev–Trinajstić information content (AvgIpc) is 2.81.